The maximum absolute atomic E-state index is 4.13. The number of hydrogen-bond acceptors (Lipinski definition) is 1. The second-order valence-corrected chi connectivity index (χ2v) is 3.88. The molecule has 1 aliphatic heterocycles. The lowest BCUT2D eigenvalue weighted by atomic mass is 9.96. The van der Waals surface area contributed by atoms with Crippen LogP contribution in [0.3, 0.4) is 0 Å². The van der Waals surface area contributed by atoms with E-state index in [1.165, 1.54) is 11.3 Å². The summed E-state index contributed by atoms with van der Waals surface area (Å²) in [6, 6.07) is 0. The molecule has 74 valence electrons. The highest BCUT2D eigenvalue weighted by atomic mass is 15.1. The van der Waals surface area contributed by atoms with Crippen molar-refractivity contribution < 1.29 is 0 Å². The summed E-state index contributed by atoms with van der Waals surface area (Å²) >= 11 is 0. The van der Waals surface area contributed by atoms with Gasteiger partial charge in [-0.1, -0.05) is 36.5 Å². The summed E-state index contributed by atoms with van der Waals surface area (Å²) in [4.78, 5) is 2.36. The molecule has 0 aromatic carbocycles. The van der Waals surface area contributed by atoms with Gasteiger partial charge in [0.05, 0.1) is 0 Å². The molecule has 0 aromatic heterocycles. The normalized spacial score (nSPS) is 21.2. The highest BCUT2D eigenvalue weighted by Gasteiger charge is 2.18. The Morgan fingerprint density at radius 1 is 1.43 bits per heavy atom. The number of allylic oxidation sites excluding steroid dienone is 4. The molecule has 2 aliphatic rings. The standard InChI is InChI=1S/C13H17N/c1-3-14-10-13-8-6-4-5-7-12(13)9-11(14)2/h4-6,8H,2-3,7,9-10H2,1H3. The summed E-state index contributed by atoms with van der Waals surface area (Å²) in [6.07, 6.45) is 10.9. The molecule has 1 aliphatic carbocycles. The van der Waals surface area contributed by atoms with Gasteiger partial charge in [-0.25, -0.2) is 0 Å². The Morgan fingerprint density at radius 2 is 2.29 bits per heavy atom. The van der Waals surface area contributed by atoms with Crippen molar-refractivity contribution in [1.82, 2.24) is 4.90 Å². The van der Waals surface area contributed by atoms with Crippen LogP contribution in [-0.4, -0.2) is 18.0 Å². The van der Waals surface area contributed by atoms with Gasteiger partial charge in [-0.05, 0) is 18.9 Å². The van der Waals surface area contributed by atoms with Gasteiger partial charge in [0.15, 0.2) is 0 Å². The van der Waals surface area contributed by atoms with Gasteiger partial charge in [0.25, 0.3) is 0 Å². The van der Waals surface area contributed by atoms with Crippen LogP contribution in [0.4, 0.5) is 0 Å². The van der Waals surface area contributed by atoms with Crippen molar-refractivity contribution in [2.45, 2.75) is 19.8 Å². The van der Waals surface area contributed by atoms with E-state index in [1.807, 2.05) is 0 Å². The van der Waals surface area contributed by atoms with Crippen LogP contribution < -0.4 is 0 Å². The molecule has 1 heterocycles. The Kier molecular flexibility index (Phi) is 2.58. The van der Waals surface area contributed by atoms with Crippen LogP contribution in [0.15, 0.2) is 47.7 Å². The molecule has 0 saturated carbocycles. The summed E-state index contributed by atoms with van der Waals surface area (Å²) in [5.41, 5.74) is 4.31. The Bertz CT molecular complexity index is 331. The van der Waals surface area contributed by atoms with E-state index in [9.17, 15) is 0 Å². The van der Waals surface area contributed by atoms with Crippen LogP contribution >= 0.6 is 0 Å². The molecule has 0 amide bonds. The van der Waals surface area contributed by atoms with Crippen LogP contribution in [-0.2, 0) is 0 Å². The molecule has 0 atom stereocenters. The van der Waals surface area contributed by atoms with E-state index in [-0.39, 0.29) is 0 Å². The number of nitrogens with zero attached hydrogens (tertiary/aromatic N) is 1. The van der Waals surface area contributed by atoms with Crippen molar-refractivity contribution in [1.29, 1.82) is 0 Å². The fraction of sp³-hybridized carbons (Fsp3) is 0.385. The fourth-order valence-electron chi connectivity index (χ4n) is 2.07. The third-order valence-corrected chi connectivity index (χ3v) is 2.97. The van der Waals surface area contributed by atoms with Crippen molar-refractivity contribution >= 4 is 0 Å². The average molecular weight is 187 g/mol. The second-order valence-electron chi connectivity index (χ2n) is 3.88. The van der Waals surface area contributed by atoms with Crippen molar-refractivity contribution in [2.75, 3.05) is 13.1 Å². The van der Waals surface area contributed by atoms with Gasteiger partial charge in [0.2, 0.25) is 0 Å². The summed E-state index contributed by atoms with van der Waals surface area (Å²) in [5, 5.41) is 0. The molecule has 0 saturated heterocycles. The predicted molar refractivity (Wildman–Crippen MR) is 60.9 cm³/mol. The molecule has 1 heteroatoms. The predicted octanol–water partition coefficient (Wildman–Crippen LogP) is 3.04. The molecule has 0 aromatic rings. The minimum Gasteiger partial charge on any atom is -0.371 e. The third-order valence-electron chi connectivity index (χ3n) is 2.97. The van der Waals surface area contributed by atoms with Crippen LogP contribution in [0.5, 0.6) is 0 Å². The Morgan fingerprint density at radius 3 is 3.07 bits per heavy atom. The van der Waals surface area contributed by atoms with E-state index in [2.05, 4.69) is 42.7 Å². The fourth-order valence-corrected chi connectivity index (χ4v) is 2.07. The van der Waals surface area contributed by atoms with Gasteiger partial charge in [0, 0.05) is 25.2 Å². The first-order chi connectivity index (χ1) is 6.81. The molecular weight excluding hydrogens is 170 g/mol. The SMILES string of the molecule is C=C1CC2=C(C=CC=CC2)CN1CC. The maximum Gasteiger partial charge on any atom is 0.0426 e. The van der Waals surface area contributed by atoms with Crippen LogP contribution in [0, 0.1) is 0 Å². The Hall–Kier alpha value is -1.24. The Balaban J connectivity index is 2.25. The highest BCUT2D eigenvalue weighted by Crippen LogP contribution is 2.29. The van der Waals surface area contributed by atoms with Crippen LogP contribution in [0.25, 0.3) is 0 Å². The van der Waals surface area contributed by atoms with Crippen LogP contribution in [0.2, 0.25) is 0 Å². The van der Waals surface area contributed by atoms with Gasteiger partial charge in [-0.2, -0.15) is 0 Å². The van der Waals surface area contributed by atoms with E-state index < -0.39 is 0 Å². The summed E-state index contributed by atoms with van der Waals surface area (Å²) < 4.78 is 0. The van der Waals surface area contributed by atoms with E-state index in [0.29, 0.717) is 0 Å². The molecule has 0 N–H and O–H groups in total. The van der Waals surface area contributed by atoms with Gasteiger partial charge in [-0.15, -0.1) is 0 Å². The minimum atomic E-state index is 1.04. The lowest BCUT2D eigenvalue weighted by Gasteiger charge is -2.32. The summed E-state index contributed by atoms with van der Waals surface area (Å²) in [7, 11) is 0. The summed E-state index contributed by atoms with van der Waals surface area (Å²) in [5.74, 6) is 0. The average Bonchev–Trinajstić information content (AvgIpc) is 2.41. The Labute approximate surface area is 86.1 Å². The molecule has 14 heavy (non-hydrogen) atoms. The van der Waals surface area contributed by atoms with Crippen molar-refractivity contribution in [3.05, 3.63) is 47.7 Å². The molecule has 0 spiro atoms. The van der Waals surface area contributed by atoms with Gasteiger partial charge in [0.1, 0.15) is 0 Å². The molecule has 0 fully saturated rings. The van der Waals surface area contributed by atoms with E-state index >= 15 is 0 Å². The maximum atomic E-state index is 4.13. The zero-order chi connectivity index (χ0) is 9.97. The second kappa shape index (κ2) is 3.87. The molecule has 0 radical (unpaired) electrons. The third kappa shape index (κ3) is 1.67. The zero-order valence-electron chi connectivity index (χ0n) is 8.79. The molecular formula is C13H17N. The van der Waals surface area contributed by atoms with E-state index in [1.54, 1.807) is 5.57 Å². The van der Waals surface area contributed by atoms with E-state index in [0.717, 1.165) is 25.9 Å². The highest BCUT2D eigenvalue weighted by molar-refractivity contribution is 5.38. The molecule has 0 bridgehead atoms. The zero-order valence-corrected chi connectivity index (χ0v) is 8.79. The first kappa shape index (κ1) is 9.32. The van der Waals surface area contributed by atoms with E-state index in [4.69, 9.17) is 0 Å². The van der Waals surface area contributed by atoms with Gasteiger partial charge < -0.3 is 4.90 Å². The first-order valence-corrected chi connectivity index (χ1v) is 5.28. The monoisotopic (exact) mass is 187 g/mol. The number of hydrogen-bond donors (Lipinski definition) is 0. The van der Waals surface area contributed by atoms with Crippen molar-refractivity contribution in [3.8, 4) is 0 Å². The molecule has 2 rings (SSSR count). The smallest absolute Gasteiger partial charge is 0.0426 e. The van der Waals surface area contributed by atoms with Gasteiger partial charge >= 0.3 is 0 Å². The molecule has 1 nitrogen and oxygen atoms in total. The van der Waals surface area contributed by atoms with Crippen molar-refractivity contribution in [3.63, 3.8) is 0 Å². The number of rotatable bonds is 1. The topological polar surface area (TPSA) is 3.24 Å². The largest absolute Gasteiger partial charge is 0.371 e. The minimum absolute atomic E-state index is 1.04. The summed E-state index contributed by atoms with van der Waals surface area (Å²) in [6.45, 7) is 8.43. The van der Waals surface area contributed by atoms with Crippen LogP contribution in [0.1, 0.15) is 19.8 Å². The lowest BCUT2D eigenvalue weighted by molar-refractivity contribution is 0.372. The lowest BCUT2D eigenvalue weighted by Crippen LogP contribution is -2.28. The quantitative estimate of drug-likeness (QED) is 0.610. The number of likely N-dealkylation sites (N-methyl/N-ethyl adjacent to an activating group) is 1. The van der Waals surface area contributed by atoms with Gasteiger partial charge in [-0.3, -0.25) is 0 Å². The van der Waals surface area contributed by atoms with Crippen molar-refractivity contribution in [2.24, 2.45) is 0 Å². The first-order valence-electron chi connectivity index (χ1n) is 5.28. The molecule has 0 unspecified atom stereocenters.